The number of thiazole rings is 1. The second-order valence-corrected chi connectivity index (χ2v) is 6.64. The predicted molar refractivity (Wildman–Crippen MR) is 77.1 cm³/mol. The number of nitrogens with one attached hydrogen (secondary N) is 1. The summed E-state index contributed by atoms with van der Waals surface area (Å²) < 4.78 is 1.29. The molecule has 0 amide bonds. The maximum Gasteiger partial charge on any atom is 0.0907 e. The van der Waals surface area contributed by atoms with E-state index in [1.54, 1.807) is 11.3 Å². The Hall–Kier alpha value is -1.35. The maximum absolute atomic E-state index is 4.50. The van der Waals surface area contributed by atoms with Crippen LogP contribution in [0.1, 0.15) is 17.8 Å². The van der Waals surface area contributed by atoms with Gasteiger partial charge in [-0.3, -0.25) is 0 Å². The van der Waals surface area contributed by atoms with E-state index in [-0.39, 0.29) is 0 Å². The minimum Gasteiger partial charge on any atom is -0.382 e. The first-order chi connectivity index (χ1) is 8.79. The van der Waals surface area contributed by atoms with Crippen LogP contribution in [0.15, 0.2) is 30.4 Å². The number of aromatic nitrogens is 1. The molecule has 1 fully saturated rings. The van der Waals surface area contributed by atoms with Crippen molar-refractivity contribution in [1.29, 1.82) is 0 Å². The normalized spacial score (nSPS) is 29.3. The molecule has 2 nitrogen and oxygen atoms in total. The third-order valence-corrected chi connectivity index (χ3v) is 5.14. The van der Waals surface area contributed by atoms with Crippen molar-refractivity contribution in [2.24, 2.45) is 11.8 Å². The average molecular weight is 256 g/mol. The molecule has 1 heterocycles. The molecule has 1 aromatic heterocycles. The maximum atomic E-state index is 4.50. The highest BCUT2D eigenvalue weighted by molar-refractivity contribution is 7.18. The lowest BCUT2D eigenvalue weighted by Crippen LogP contribution is -2.43. The van der Waals surface area contributed by atoms with Gasteiger partial charge in [-0.1, -0.05) is 12.2 Å². The van der Waals surface area contributed by atoms with Crippen molar-refractivity contribution in [3.05, 3.63) is 35.4 Å². The first-order valence-corrected chi connectivity index (χ1v) is 7.41. The van der Waals surface area contributed by atoms with Crippen molar-refractivity contribution in [3.63, 3.8) is 0 Å². The number of fused-ring (bicyclic) bond motifs is 2. The van der Waals surface area contributed by atoms with Gasteiger partial charge in [0.2, 0.25) is 0 Å². The molecule has 18 heavy (non-hydrogen) atoms. The van der Waals surface area contributed by atoms with Gasteiger partial charge in [-0.15, -0.1) is 11.3 Å². The van der Waals surface area contributed by atoms with Crippen LogP contribution in [0, 0.1) is 18.8 Å². The van der Waals surface area contributed by atoms with Crippen LogP contribution in [0.4, 0.5) is 5.69 Å². The summed E-state index contributed by atoms with van der Waals surface area (Å²) >= 11 is 1.77. The monoisotopic (exact) mass is 256 g/mol. The third kappa shape index (κ3) is 1.57. The Bertz CT molecular complexity index is 628. The molecule has 3 atom stereocenters. The number of hydrogen-bond acceptors (Lipinski definition) is 3. The zero-order valence-electron chi connectivity index (χ0n) is 10.4. The minimum absolute atomic E-state index is 0.639. The van der Waals surface area contributed by atoms with Crippen LogP contribution in [0.5, 0.6) is 0 Å². The number of aryl methyl sites for hydroxylation is 1. The standard InChI is InChI=1S/C15H16N2S/c1-9-16-13-6-5-11(8-15(13)18-9)17-14-7-10-3-2-4-12(10)14/h2,4-6,8,10,12,14,17H,3,7H2,1H3. The Morgan fingerprint density at radius 1 is 1.39 bits per heavy atom. The number of nitrogens with zero attached hydrogens (tertiary/aromatic N) is 1. The predicted octanol–water partition coefficient (Wildman–Crippen LogP) is 3.98. The zero-order chi connectivity index (χ0) is 12.1. The van der Waals surface area contributed by atoms with Crippen LogP contribution in [0.25, 0.3) is 10.2 Å². The van der Waals surface area contributed by atoms with Crippen LogP contribution in [0.3, 0.4) is 0 Å². The lowest BCUT2D eigenvalue weighted by atomic mass is 9.71. The Morgan fingerprint density at radius 3 is 3.22 bits per heavy atom. The SMILES string of the molecule is Cc1nc2ccc(NC3CC4CC=CC43)cc2s1. The van der Waals surface area contributed by atoms with Crippen molar-refractivity contribution in [1.82, 2.24) is 4.98 Å². The molecule has 1 aromatic carbocycles. The molecule has 3 unspecified atom stereocenters. The highest BCUT2D eigenvalue weighted by atomic mass is 32.1. The van der Waals surface area contributed by atoms with Crippen molar-refractivity contribution < 1.29 is 0 Å². The lowest BCUT2D eigenvalue weighted by molar-refractivity contribution is 0.218. The zero-order valence-corrected chi connectivity index (χ0v) is 11.2. The molecule has 1 saturated carbocycles. The summed E-state index contributed by atoms with van der Waals surface area (Å²) in [5.74, 6) is 1.68. The molecule has 2 aliphatic carbocycles. The summed E-state index contributed by atoms with van der Waals surface area (Å²) in [5.41, 5.74) is 2.37. The van der Waals surface area contributed by atoms with Crippen LogP contribution in [-0.2, 0) is 0 Å². The molecule has 4 rings (SSSR count). The highest BCUT2D eigenvalue weighted by Gasteiger charge is 2.40. The fraction of sp³-hybridized carbons (Fsp3) is 0.400. The van der Waals surface area contributed by atoms with Gasteiger partial charge in [0.05, 0.1) is 15.2 Å². The summed E-state index contributed by atoms with van der Waals surface area (Å²) in [6.45, 7) is 2.07. The summed E-state index contributed by atoms with van der Waals surface area (Å²) in [4.78, 5) is 4.50. The molecule has 1 N–H and O–H groups in total. The number of hydrogen-bond donors (Lipinski definition) is 1. The second kappa shape index (κ2) is 3.82. The molecule has 0 aliphatic heterocycles. The summed E-state index contributed by atoms with van der Waals surface area (Å²) in [6, 6.07) is 7.17. The van der Waals surface area contributed by atoms with Gasteiger partial charge in [-0.05, 0) is 43.9 Å². The van der Waals surface area contributed by atoms with Gasteiger partial charge in [0.25, 0.3) is 0 Å². The molecular formula is C15H16N2S. The Balaban J connectivity index is 1.57. The number of anilines is 1. The van der Waals surface area contributed by atoms with E-state index in [9.17, 15) is 0 Å². The summed E-state index contributed by atoms with van der Waals surface area (Å²) in [7, 11) is 0. The largest absolute Gasteiger partial charge is 0.382 e. The van der Waals surface area contributed by atoms with Crippen molar-refractivity contribution in [2.75, 3.05) is 5.32 Å². The molecule has 2 aromatic rings. The van der Waals surface area contributed by atoms with Crippen LogP contribution in [-0.4, -0.2) is 11.0 Å². The third-order valence-electron chi connectivity index (χ3n) is 4.21. The van der Waals surface area contributed by atoms with E-state index in [0.29, 0.717) is 6.04 Å². The summed E-state index contributed by atoms with van der Waals surface area (Å²) in [5, 5.41) is 4.82. The molecule has 0 bridgehead atoms. The van der Waals surface area contributed by atoms with Crippen molar-refractivity contribution in [3.8, 4) is 0 Å². The van der Waals surface area contributed by atoms with Crippen molar-refractivity contribution in [2.45, 2.75) is 25.8 Å². The van der Waals surface area contributed by atoms with E-state index in [1.165, 1.54) is 23.2 Å². The molecule has 0 spiro atoms. The number of benzene rings is 1. The smallest absolute Gasteiger partial charge is 0.0907 e. The van der Waals surface area contributed by atoms with Crippen LogP contribution < -0.4 is 5.32 Å². The molecular weight excluding hydrogens is 240 g/mol. The van der Waals surface area contributed by atoms with Gasteiger partial charge in [0, 0.05) is 17.6 Å². The van der Waals surface area contributed by atoms with E-state index in [1.807, 2.05) is 0 Å². The Kier molecular flexibility index (Phi) is 2.24. The van der Waals surface area contributed by atoms with Gasteiger partial charge in [-0.2, -0.15) is 0 Å². The van der Waals surface area contributed by atoms with Gasteiger partial charge < -0.3 is 5.32 Å². The second-order valence-electron chi connectivity index (χ2n) is 5.40. The molecule has 3 heteroatoms. The highest BCUT2D eigenvalue weighted by Crippen LogP contribution is 2.44. The molecule has 0 saturated heterocycles. The van der Waals surface area contributed by atoms with Gasteiger partial charge in [0.1, 0.15) is 0 Å². The number of rotatable bonds is 2. The topological polar surface area (TPSA) is 24.9 Å². The lowest BCUT2D eigenvalue weighted by Gasteiger charge is -2.41. The van der Waals surface area contributed by atoms with E-state index in [4.69, 9.17) is 0 Å². The van der Waals surface area contributed by atoms with Crippen molar-refractivity contribution >= 4 is 27.2 Å². The minimum atomic E-state index is 0.639. The van der Waals surface area contributed by atoms with Gasteiger partial charge >= 0.3 is 0 Å². The van der Waals surface area contributed by atoms with Crippen LogP contribution in [0.2, 0.25) is 0 Å². The Labute approximate surface area is 111 Å². The fourth-order valence-corrected chi connectivity index (χ4v) is 4.09. The fourth-order valence-electron chi connectivity index (χ4n) is 3.23. The van der Waals surface area contributed by atoms with E-state index < -0.39 is 0 Å². The van der Waals surface area contributed by atoms with E-state index in [0.717, 1.165) is 22.4 Å². The van der Waals surface area contributed by atoms with E-state index in [2.05, 4.69) is 47.6 Å². The summed E-state index contributed by atoms with van der Waals surface area (Å²) in [6.07, 6.45) is 7.33. The number of allylic oxidation sites excluding steroid dienone is 1. The quantitative estimate of drug-likeness (QED) is 0.822. The Morgan fingerprint density at radius 2 is 2.33 bits per heavy atom. The first kappa shape index (κ1) is 10.6. The van der Waals surface area contributed by atoms with Gasteiger partial charge in [0.15, 0.2) is 0 Å². The van der Waals surface area contributed by atoms with Crippen LogP contribution >= 0.6 is 11.3 Å². The van der Waals surface area contributed by atoms with Gasteiger partial charge in [-0.25, -0.2) is 4.98 Å². The average Bonchev–Trinajstić information content (AvgIpc) is 2.87. The molecule has 2 aliphatic rings. The molecule has 0 radical (unpaired) electrons. The first-order valence-electron chi connectivity index (χ1n) is 6.60. The van der Waals surface area contributed by atoms with E-state index >= 15 is 0 Å². The molecule has 92 valence electrons.